The lowest BCUT2D eigenvalue weighted by Gasteiger charge is -1.94. The molecular weight excluding hydrogens is 174 g/mol. The van der Waals surface area contributed by atoms with Gasteiger partial charge < -0.3 is 0 Å². The maximum absolute atomic E-state index is 4.31. The first-order valence-corrected chi connectivity index (χ1v) is 4.94. The van der Waals surface area contributed by atoms with Gasteiger partial charge in [0.25, 0.3) is 0 Å². The zero-order valence-electron chi connectivity index (χ0n) is 9.50. The van der Waals surface area contributed by atoms with Gasteiger partial charge in [0.05, 0.1) is 11.2 Å². The number of hydrogen-bond acceptors (Lipinski definition) is 2. The van der Waals surface area contributed by atoms with Crippen LogP contribution in [0.25, 0.3) is 10.9 Å². The Morgan fingerprint density at radius 3 is 2.50 bits per heavy atom. The van der Waals surface area contributed by atoms with Gasteiger partial charge in [0, 0.05) is 24.3 Å². The third kappa shape index (κ3) is 1.76. The molecule has 0 unspecified atom stereocenters. The van der Waals surface area contributed by atoms with Crippen LogP contribution in [0.2, 0.25) is 0 Å². The first kappa shape index (κ1) is 10.7. The lowest BCUT2D eigenvalue weighted by molar-refractivity contribution is 0.783. The number of aryl methyl sites for hydroxylation is 3. The Kier molecular flexibility index (Phi) is 3.23. The van der Waals surface area contributed by atoms with Crippen molar-refractivity contribution in [1.29, 1.82) is 0 Å². The van der Waals surface area contributed by atoms with Crippen LogP contribution in [-0.4, -0.2) is 14.8 Å². The molecule has 0 aromatic carbocycles. The zero-order valence-corrected chi connectivity index (χ0v) is 9.50. The zero-order chi connectivity index (χ0) is 10.7. The predicted octanol–water partition coefficient (Wildman–Crippen LogP) is 2.61. The Labute approximate surface area is 84.8 Å². The van der Waals surface area contributed by atoms with Gasteiger partial charge in [-0.05, 0) is 19.9 Å². The van der Waals surface area contributed by atoms with Gasteiger partial charge in [-0.15, -0.1) is 0 Å². The van der Waals surface area contributed by atoms with Crippen molar-refractivity contribution in [3.63, 3.8) is 0 Å². The second-order valence-corrected chi connectivity index (χ2v) is 3.05. The van der Waals surface area contributed by atoms with E-state index in [0.29, 0.717) is 0 Å². The van der Waals surface area contributed by atoms with Crippen LogP contribution in [0.3, 0.4) is 0 Å². The maximum atomic E-state index is 4.31. The van der Waals surface area contributed by atoms with Crippen LogP contribution in [-0.2, 0) is 7.05 Å². The van der Waals surface area contributed by atoms with E-state index in [-0.39, 0.29) is 0 Å². The minimum absolute atomic E-state index is 1.03. The van der Waals surface area contributed by atoms with Crippen molar-refractivity contribution in [2.75, 3.05) is 0 Å². The van der Waals surface area contributed by atoms with E-state index in [2.05, 4.69) is 16.1 Å². The second-order valence-electron chi connectivity index (χ2n) is 3.05. The molecule has 0 spiro atoms. The molecular formula is C11H17N3. The number of aromatic nitrogens is 3. The topological polar surface area (TPSA) is 30.7 Å². The van der Waals surface area contributed by atoms with Crippen molar-refractivity contribution in [2.24, 2.45) is 7.05 Å². The van der Waals surface area contributed by atoms with Crippen molar-refractivity contribution >= 4 is 10.9 Å². The number of fused-ring (bicyclic) bond motifs is 1. The molecule has 0 saturated carbocycles. The van der Waals surface area contributed by atoms with Crippen LogP contribution >= 0.6 is 0 Å². The van der Waals surface area contributed by atoms with E-state index < -0.39 is 0 Å². The van der Waals surface area contributed by atoms with Crippen LogP contribution in [0.5, 0.6) is 0 Å². The van der Waals surface area contributed by atoms with Gasteiger partial charge in [0.2, 0.25) is 0 Å². The first-order chi connectivity index (χ1) is 6.68. The van der Waals surface area contributed by atoms with Crippen molar-refractivity contribution in [3.05, 3.63) is 23.7 Å². The van der Waals surface area contributed by atoms with Gasteiger partial charge in [-0.3, -0.25) is 9.67 Å². The molecule has 0 amide bonds. The van der Waals surface area contributed by atoms with Gasteiger partial charge in [-0.1, -0.05) is 13.8 Å². The Hall–Kier alpha value is -1.38. The SMILES string of the molecule is CC.Cc1cc2c(cn1)c(C)nn2C. The number of hydrogen-bond donors (Lipinski definition) is 0. The molecule has 2 aromatic rings. The summed E-state index contributed by atoms with van der Waals surface area (Å²) in [6, 6.07) is 2.05. The molecule has 3 heteroatoms. The van der Waals surface area contributed by atoms with Crippen LogP contribution in [0.1, 0.15) is 25.2 Å². The minimum atomic E-state index is 1.03. The molecule has 76 valence electrons. The Balaban J connectivity index is 0.000000461. The van der Waals surface area contributed by atoms with Crippen LogP contribution in [0.4, 0.5) is 0 Å². The molecule has 2 rings (SSSR count). The van der Waals surface area contributed by atoms with E-state index in [1.807, 2.05) is 45.6 Å². The van der Waals surface area contributed by atoms with Crippen molar-refractivity contribution < 1.29 is 0 Å². The molecule has 0 radical (unpaired) electrons. The summed E-state index contributed by atoms with van der Waals surface area (Å²) in [4.78, 5) is 4.23. The fourth-order valence-electron chi connectivity index (χ4n) is 1.42. The van der Waals surface area contributed by atoms with E-state index in [4.69, 9.17) is 0 Å². The summed E-state index contributed by atoms with van der Waals surface area (Å²) in [6.45, 7) is 7.99. The minimum Gasteiger partial charge on any atom is -0.268 e. The number of rotatable bonds is 0. The van der Waals surface area contributed by atoms with E-state index in [0.717, 1.165) is 22.3 Å². The Morgan fingerprint density at radius 1 is 1.21 bits per heavy atom. The highest BCUT2D eigenvalue weighted by Crippen LogP contribution is 2.16. The molecule has 0 atom stereocenters. The van der Waals surface area contributed by atoms with E-state index >= 15 is 0 Å². The van der Waals surface area contributed by atoms with Crippen molar-refractivity contribution in [2.45, 2.75) is 27.7 Å². The third-order valence-electron chi connectivity index (χ3n) is 2.06. The molecule has 0 aliphatic heterocycles. The molecule has 3 nitrogen and oxygen atoms in total. The summed E-state index contributed by atoms with van der Waals surface area (Å²) in [5, 5.41) is 5.45. The van der Waals surface area contributed by atoms with Crippen molar-refractivity contribution in [3.8, 4) is 0 Å². The van der Waals surface area contributed by atoms with Gasteiger partial charge >= 0.3 is 0 Å². The predicted molar refractivity (Wildman–Crippen MR) is 59.3 cm³/mol. The number of nitrogens with zero attached hydrogens (tertiary/aromatic N) is 3. The highest BCUT2D eigenvalue weighted by atomic mass is 15.3. The Bertz CT molecular complexity index is 429. The van der Waals surface area contributed by atoms with E-state index in [1.165, 1.54) is 0 Å². The van der Waals surface area contributed by atoms with Gasteiger partial charge in [0.15, 0.2) is 0 Å². The summed E-state index contributed by atoms with van der Waals surface area (Å²) in [5.41, 5.74) is 3.23. The van der Waals surface area contributed by atoms with Crippen LogP contribution < -0.4 is 0 Å². The average molecular weight is 191 g/mol. The molecule has 0 aliphatic carbocycles. The quantitative estimate of drug-likeness (QED) is 0.641. The lowest BCUT2D eigenvalue weighted by atomic mass is 10.2. The lowest BCUT2D eigenvalue weighted by Crippen LogP contribution is -1.90. The van der Waals surface area contributed by atoms with Gasteiger partial charge in [-0.25, -0.2) is 0 Å². The Morgan fingerprint density at radius 2 is 1.86 bits per heavy atom. The molecule has 0 fully saturated rings. The molecule has 0 bridgehead atoms. The molecule has 2 heterocycles. The molecule has 2 aromatic heterocycles. The monoisotopic (exact) mass is 191 g/mol. The fraction of sp³-hybridized carbons (Fsp3) is 0.455. The molecule has 0 N–H and O–H groups in total. The summed E-state index contributed by atoms with van der Waals surface area (Å²) in [5.74, 6) is 0. The van der Waals surface area contributed by atoms with Crippen LogP contribution in [0, 0.1) is 13.8 Å². The average Bonchev–Trinajstić information content (AvgIpc) is 2.46. The molecule has 14 heavy (non-hydrogen) atoms. The largest absolute Gasteiger partial charge is 0.268 e. The van der Waals surface area contributed by atoms with Gasteiger partial charge in [-0.2, -0.15) is 5.10 Å². The smallest absolute Gasteiger partial charge is 0.0715 e. The summed E-state index contributed by atoms with van der Waals surface area (Å²) in [6.07, 6.45) is 1.88. The van der Waals surface area contributed by atoms with E-state index in [9.17, 15) is 0 Å². The summed E-state index contributed by atoms with van der Waals surface area (Å²) < 4.78 is 1.89. The highest BCUT2D eigenvalue weighted by molar-refractivity contribution is 5.80. The first-order valence-electron chi connectivity index (χ1n) is 4.94. The molecule has 0 aliphatic rings. The van der Waals surface area contributed by atoms with E-state index in [1.54, 1.807) is 0 Å². The van der Waals surface area contributed by atoms with Crippen LogP contribution in [0.15, 0.2) is 12.3 Å². The number of pyridine rings is 1. The second kappa shape index (κ2) is 4.22. The van der Waals surface area contributed by atoms with Crippen molar-refractivity contribution in [1.82, 2.24) is 14.8 Å². The third-order valence-corrected chi connectivity index (χ3v) is 2.06. The normalized spacial score (nSPS) is 9.79. The fourth-order valence-corrected chi connectivity index (χ4v) is 1.42. The highest BCUT2D eigenvalue weighted by Gasteiger charge is 2.03. The maximum Gasteiger partial charge on any atom is 0.0715 e. The summed E-state index contributed by atoms with van der Waals surface area (Å²) in [7, 11) is 1.95. The standard InChI is InChI=1S/C9H11N3.C2H6/c1-6-4-9-8(5-10-6)7(2)11-12(9)3;1-2/h4-5H,1-3H3;1-2H3. The summed E-state index contributed by atoms with van der Waals surface area (Å²) >= 11 is 0. The van der Waals surface area contributed by atoms with Gasteiger partial charge in [0.1, 0.15) is 0 Å². The molecule has 0 saturated heterocycles.